The van der Waals surface area contributed by atoms with Crippen LogP contribution in [-0.2, 0) is 4.79 Å². The molecule has 1 atom stereocenters. The fraction of sp³-hybridized carbons (Fsp3) is 0.429. The maximum Gasteiger partial charge on any atom is 0.225 e. The van der Waals surface area contributed by atoms with E-state index in [2.05, 4.69) is 11.1 Å². The summed E-state index contributed by atoms with van der Waals surface area (Å²) in [5.74, 6) is 0.351. The Kier molecular flexibility index (Phi) is 4.02. The summed E-state index contributed by atoms with van der Waals surface area (Å²) < 4.78 is 0. The Morgan fingerprint density at radius 2 is 2.22 bits per heavy atom. The number of pyridine rings is 1. The van der Waals surface area contributed by atoms with Crippen molar-refractivity contribution in [3.63, 3.8) is 0 Å². The second-order valence-electron chi connectivity index (χ2n) is 4.80. The molecule has 0 aliphatic heterocycles. The molecule has 1 aromatic rings. The van der Waals surface area contributed by atoms with Crippen molar-refractivity contribution in [1.82, 2.24) is 9.88 Å². The summed E-state index contributed by atoms with van der Waals surface area (Å²) in [5, 5.41) is 0.510. The molecule has 96 valence electrons. The van der Waals surface area contributed by atoms with Gasteiger partial charge in [-0.2, -0.15) is 0 Å². The zero-order valence-corrected chi connectivity index (χ0v) is 11.4. The summed E-state index contributed by atoms with van der Waals surface area (Å²) in [4.78, 5) is 17.6. The van der Waals surface area contributed by atoms with E-state index in [4.69, 9.17) is 11.6 Å². The third-order valence-corrected chi connectivity index (χ3v) is 3.52. The highest BCUT2D eigenvalue weighted by Crippen LogP contribution is 2.30. The lowest BCUT2D eigenvalue weighted by atomic mass is 9.86. The molecular formula is C14H17ClN2O. The maximum absolute atomic E-state index is 11.9. The Morgan fingerprint density at radius 1 is 1.44 bits per heavy atom. The summed E-state index contributed by atoms with van der Waals surface area (Å²) in [6.45, 7) is 0. The molecule has 3 nitrogen and oxygen atoms in total. The van der Waals surface area contributed by atoms with Crippen molar-refractivity contribution < 1.29 is 4.79 Å². The second kappa shape index (κ2) is 5.53. The molecule has 4 heteroatoms. The van der Waals surface area contributed by atoms with Gasteiger partial charge in [-0.15, -0.1) is 0 Å². The lowest BCUT2D eigenvalue weighted by molar-refractivity contribution is -0.133. The van der Waals surface area contributed by atoms with E-state index in [0.29, 0.717) is 5.15 Å². The van der Waals surface area contributed by atoms with Gasteiger partial charge in [-0.1, -0.05) is 23.7 Å². The van der Waals surface area contributed by atoms with Gasteiger partial charge in [0.1, 0.15) is 5.15 Å². The van der Waals surface area contributed by atoms with Crippen LogP contribution in [0.25, 0.3) is 5.57 Å². The number of aromatic nitrogens is 1. The molecular weight excluding hydrogens is 248 g/mol. The summed E-state index contributed by atoms with van der Waals surface area (Å²) >= 11 is 5.77. The van der Waals surface area contributed by atoms with Crippen molar-refractivity contribution >= 4 is 23.1 Å². The number of carbonyl (C=O) groups excluding carboxylic acids is 1. The zero-order chi connectivity index (χ0) is 13.1. The van der Waals surface area contributed by atoms with Crippen molar-refractivity contribution in [2.24, 2.45) is 5.92 Å². The van der Waals surface area contributed by atoms with E-state index in [-0.39, 0.29) is 11.8 Å². The van der Waals surface area contributed by atoms with Gasteiger partial charge >= 0.3 is 0 Å². The molecule has 1 aliphatic carbocycles. The van der Waals surface area contributed by atoms with Crippen LogP contribution in [0.3, 0.4) is 0 Å². The third-order valence-electron chi connectivity index (χ3n) is 3.30. The van der Waals surface area contributed by atoms with Crippen molar-refractivity contribution in [2.75, 3.05) is 14.1 Å². The molecule has 0 saturated carbocycles. The van der Waals surface area contributed by atoms with Gasteiger partial charge in [0.05, 0.1) is 0 Å². The SMILES string of the molecule is CN(C)C(=O)C1CC=C(c2ccc(Cl)nc2)CC1. The van der Waals surface area contributed by atoms with Gasteiger partial charge in [0.25, 0.3) is 0 Å². The number of amides is 1. The van der Waals surface area contributed by atoms with Gasteiger partial charge in [-0.3, -0.25) is 4.79 Å². The molecule has 0 bridgehead atoms. The van der Waals surface area contributed by atoms with Crippen molar-refractivity contribution in [3.8, 4) is 0 Å². The van der Waals surface area contributed by atoms with Crippen molar-refractivity contribution in [1.29, 1.82) is 0 Å². The van der Waals surface area contributed by atoms with E-state index >= 15 is 0 Å². The molecule has 0 fully saturated rings. The summed E-state index contributed by atoms with van der Waals surface area (Å²) in [6.07, 6.45) is 6.59. The highest BCUT2D eigenvalue weighted by Gasteiger charge is 2.23. The van der Waals surface area contributed by atoms with E-state index in [0.717, 1.165) is 24.8 Å². The van der Waals surface area contributed by atoms with Crippen molar-refractivity contribution in [3.05, 3.63) is 35.1 Å². The second-order valence-corrected chi connectivity index (χ2v) is 5.19. The van der Waals surface area contributed by atoms with Gasteiger partial charge in [-0.05, 0) is 36.5 Å². The predicted octanol–water partition coefficient (Wildman–Crippen LogP) is 3.01. The molecule has 18 heavy (non-hydrogen) atoms. The number of hydrogen-bond acceptors (Lipinski definition) is 2. The van der Waals surface area contributed by atoms with Gasteiger partial charge in [-0.25, -0.2) is 4.98 Å². The number of rotatable bonds is 2. The lowest BCUT2D eigenvalue weighted by Crippen LogP contribution is -2.30. The number of halogens is 1. The lowest BCUT2D eigenvalue weighted by Gasteiger charge is -2.24. The molecule has 0 spiro atoms. The molecule has 1 unspecified atom stereocenters. The molecule has 0 saturated heterocycles. The van der Waals surface area contributed by atoms with E-state index in [1.54, 1.807) is 17.2 Å². The van der Waals surface area contributed by atoms with Gasteiger partial charge in [0, 0.05) is 26.2 Å². The van der Waals surface area contributed by atoms with Gasteiger partial charge in [0.2, 0.25) is 5.91 Å². The Hall–Kier alpha value is -1.35. The largest absolute Gasteiger partial charge is 0.349 e. The Morgan fingerprint density at radius 3 is 2.72 bits per heavy atom. The summed E-state index contributed by atoms with van der Waals surface area (Å²) in [6, 6.07) is 3.78. The third kappa shape index (κ3) is 2.91. The van der Waals surface area contributed by atoms with Crippen LogP contribution in [-0.4, -0.2) is 29.9 Å². The van der Waals surface area contributed by atoms with Crippen LogP contribution in [0.5, 0.6) is 0 Å². The Balaban J connectivity index is 2.07. The van der Waals surface area contributed by atoms with E-state index in [9.17, 15) is 4.79 Å². The molecule has 0 radical (unpaired) electrons. The molecule has 1 amide bonds. The average molecular weight is 265 g/mol. The first kappa shape index (κ1) is 13.1. The van der Waals surface area contributed by atoms with Crippen LogP contribution < -0.4 is 0 Å². The first-order chi connectivity index (χ1) is 8.58. The van der Waals surface area contributed by atoms with Crippen LogP contribution in [0.1, 0.15) is 24.8 Å². The molecule has 1 aliphatic rings. The molecule has 0 aromatic carbocycles. The highest BCUT2D eigenvalue weighted by atomic mass is 35.5. The number of carbonyl (C=O) groups is 1. The van der Waals surface area contributed by atoms with Gasteiger partial charge < -0.3 is 4.90 Å². The molecule has 2 rings (SSSR count). The Labute approximate surface area is 112 Å². The summed E-state index contributed by atoms with van der Waals surface area (Å²) in [7, 11) is 3.62. The standard InChI is InChI=1S/C14H17ClN2O/c1-17(2)14(18)11-5-3-10(4-6-11)12-7-8-13(15)16-9-12/h3,7-9,11H,4-6H2,1-2H3. The summed E-state index contributed by atoms with van der Waals surface area (Å²) in [5.41, 5.74) is 2.37. The fourth-order valence-corrected chi connectivity index (χ4v) is 2.36. The quantitative estimate of drug-likeness (QED) is 0.770. The molecule has 0 N–H and O–H groups in total. The molecule has 1 heterocycles. The monoisotopic (exact) mass is 264 g/mol. The Bertz CT molecular complexity index is 465. The minimum absolute atomic E-state index is 0.129. The van der Waals surface area contributed by atoms with Crippen LogP contribution in [0.2, 0.25) is 5.15 Å². The zero-order valence-electron chi connectivity index (χ0n) is 10.7. The number of nitrogens with zero attached hydrogens (tertiary/aromatic N) is 2. The van der Waals surface area contributed by atoms with E-state index in [1.165, 1.54) is 5.57 Å². The smallest absolute Gasteiger partial charge is 0.225 e. The minimum Gasteiger partial charge on any atom is -0.349 e. The maximum atomic E-state index is 11.9. The average Bonchev–Trinajstić information content (AvgIpc) is 2.39. The van der Waals surface area contributed by atoms with Crippen LogP contribution in [0, 0.1) is 5.92 Å². The molecule has 1 aromatic heterocycles. The fourth-order valence-electron chi connectivity index (χ4n) is 2.25. The van der Waals surface area contributed by atoms with Crippen LogP contribution in [0.15, 0.2) is 24.4 Å². The minimum atomic E-state index is 0.129. The first-order valence-corrected chi connectivity index (χ1v) is 6.48. The van der Waals surface area contributed by atoms with Gasteiger partial charge in [0.15, 0.2) is 0 Å². The van der Waals surface area contributed by atoms with E-state index in [1.807, 2.05) is 20.2 Å². The highest BCUT2D eigenvalue weighted by molar-refractivity contribution is 6.29. The topological polar surface area (TPSA) is 33.2 Å². The number of allylic oxidation sites excluding steroid dienone is 2. The first-order valence-electron chi connectivity index (χ1n) is 6.10. The predicted molar refractivity (Wildman–Crippen MR) is 73.3 cm³/mol. The van der Waals surface area contributed by atoms with E-state index < -0.39 is 0 Å². The van der Waals surface area contributed by atoms with Crippen molar-refractivity contribution in [2.45, 2.75) is 19.3 Å². The van der Waals surface area contributed by atoms with Crippen LogP contribution >= 0.6 is 11.6 Å². The number of hydrogen-bond donors (Lipinski definition) is 0. The normalized spacial score (nSPS) is 19.3. The van der Waals surface area contributed by atoms with Crippen LogP contribution in [0.4, 0.5) is 0 Å².